The molecule has 2 aromatic heterocycles. The SMILES string of the molecule is CC1CCCC1N1C(=O)C2(CC2)c2cnc(NC3CCN(S(=O)(=O)N4CCCN(C(=O)CCCc5cccc6c5n(C)c(=O)n6C5CCC(=O)NC5=O)CC4)CC3)nc21. The van der Waals surface area contributed by atoms with Crippen LogP contribution in [0.1, 0.15) is 101 Å². The molecule has 316 valence electrons. The molecule has 9 rings (SSSR count). The van der Waals surface area contributed by atoms with E-state index in [0.29, 0.717) is 87.7 Å². The van der Waals surface area contributed by atoms with Gasteiger partial charge in [0.2, 0.25) is 29.6 Å². The Morgan fingerprint density at radius 2 is 1.73 bits per heavy atom. The van der Waals surface area contributed by atoms with Crippen LogP contribution >= 0.6 is 0 Å². The molecular formula is C41H54N10O7S. The van der Waals surface area contributed by atoms with Crippen LogP contribution in [0.25, 0.3) is 11.0 Å². The van der Waals surface area contributed by atoms with Gasteiger partial charge in [-0.05, 0) is 81.8 Å². The second kappa shape index (κ2) is 15.4. The van der Waals surface area contributed by atoms with Gasteiger partial charge in [-0.15, -0.1) is 0 Å². The van der Waals surface area contributed by atoms with Gasteiger partial charge in [-0.3, -0.25) is 38.5 Å². The summed E-state index contributed by atoms with van der Waals surface area (Å²) < 4.78 is 33.8. The lowest BCUT2D eigenvalue weighted by Crippen LogP contribution is -2.50. The lowest BCUT2D eigenvalue weighted by atomic mass is 10.0. The highest BCUT2D eigenvalue weighted by Crippen LogP contribution is 2.58. The van der Waals surface area contributed by atoms with Crippen LogP contribution in [0.3, 0.4) is 0 Å². The standard InChI is InChI=1S/C41H54N10O7S/c1-26-7-3-10-30(26)51-36-29(41(17-18-41)38(51)55)25-42-39(45-36)43-28-15-21-49(22-16-28)59(57,58)48-20-6-19-47(23-24-48)34(53)12-5-9-27-8-4-11-31-35(27)46(2)40(56)50(31)32-13-14-33(52)44-37(32)54/h4,8,11,25-26,28,30,32H,3,5-7,9-10,12-24H2,1-2H3,(H,42,43,45)(H,44,52,54). The molecule has 18 heteroatoms. The number of para-hydroxylation sites is 1. The number of aryl methyl sites for hydroxylation is 2. The Morgan fingerprint density at radius 3 is 2.46 bits per heavy atom. The summed E-state index contributed by atoms with van der Waals surface area (Å²) >= 11 is 0. The number of amides is 4. The minimum atomic E-state index is -3.74. The third-order valence-electron chi connectivity index (χ3n) is 13.8. The molecule has 3 unspecified atom stereocenters. The molecule has 4 amide bonds. The molecule has 5 fully saturated rings. The van der Waals surface area contributed by atoms with Gasteiger partial charge in [0.15, 0.2) is 0 Å². The maximum Gasteiger partial charge on any atom is 0.329 e. The molecule has 6 heterocycles. The highest BCUT2D eigenvalue weighted by molar-refractivity contribution is 7.86. The van der Waals surface area contributed by atoms with Gasteiger partial charge in [-0.2, -0.15) is 22.0 Å². The van der Waals surface area contributed by atoms with E-state index >= 15 is 0 Å². The molecular weight excluding hydrogens is 777 g/mol. The maximum absolute atomic E-state index is 13.9. The number of hydrogen-bond donors (Lipinski definition) is 2. The first-order valence-electron chi connectivity index (χ1n) is 21.4. The molecule has 6 aliphatic rings. The van der Waals surface area contributed by atoms with E-state index in [0.717, 1.165) is 49.0 Å². The summed E-state index contributed by atoms with van der Waals surface area (Å²) in [5.74, 6) is 0.977. The summed E-state index contributed by atoms with van der Waals surface area (Å²) in [6.45, 7) is 4.27. The van der Waals surface area contributed by atoms with Gasteiger partial charge in [0.25, 0.3) is 10.2 Å². The van der Waals surface area contributed by atoms with Crippen molar-refractivity contribution >= 4 is 56.6 Å². The molecule has 3 aromatic rings. The zero-order chi connectivity index (χ0) is 41.2. The van der Waals surface area contributed by atoms with Crippen molar-refractivity contribution in [2.75, 3.05) is 49.5 Å². The fourth-order valence-electron chi connectivity index (χ4n) is 10.3. The number of fused-ring (bicyclic) bond motifs is 3. The van der Waals surface area contributed by atoms with E-state index in [4.69, 9.17) is 4.98 Å². The number of rotatable bonds is 10. The molecule has 2 N–H and O–H groups in total. The summed E-state index contributed by atoms with van der Waals surface area (Å²) in [7, 11) is -2.07. The van der Waals surface area contributed by atoms with E-state index in [2.05, 4.69) is 22.5 Å². The number of aromatic nitrogens is 4. The zero-order valence-corrected chi connectivity index (χ0v) is 34.7. The molecule has 3 saturated heterocycles. The molecule has 2 saturated carbocycles. The van der Waals surface area contributed by atoms with E-state index < -0.39 is 27.6 Å². The Labute approximate surface area is 343 Å². The van der Waals surface area contributed by atoms with E-state index in [-0.39, 0.29) is 61.3 Å². The van der Waals surface area contributed by atoms with Crippen LogP contribution in [-0.2, 0) is 48.3 Å². The number of carbonyl (C=O) groups is 4. The Morgan fingerprint density at radius 1 is 0.949 bits per heavy atom. The normalized spacial score (nSPS) is 25.5. The average Bonchev–Trinajstić information content (AvgIpc) is 3.87. The number of nitrogens with zero attached hydrogens (tertiary/aromatic N) is 8. The van der Waals surface area contributed by atoms with Crippen molar-refractivity contribution in [2.24, 2.45) is 13.0 Å². The molecule has 1 spiro atoms. The monoisotopic (exact) mass is 830 g/mol. The highest BCUT2D eigenvalue weighted by Gasteiger charge is 2.62. The summed E-state index contributed by atoms with van der Waals surface area (Å²) in [4.78, 5) is 78.0. The van der Waals surface area contributed by atoms with Crippen LogP contribution in [0.2, 0.25) is 0 Å². The van der Waals surface area contributed by atoms with Gasteiger partial charge in [-0.25, -0.2) is 9.78 Å². The van der Waals surface area contributed by atoms with E-state index in [1.165, 1.54) is 13.4 Å². The Hall–Kier alpha value is -4.68. The highest BCUT2D eigenvalue weighted by atomic mass is 32.2. The first kappa shape index (κ1) is 39.8. The fraction of sp³-hybridized carbons (Fsp3) is 0.634. The predicted molar refractivity (Wildman–Crippen MR) is 219 cm³/mol. The van der Waals surface area contributed by atoms with Gasteiger partial charge in [-0.1, -0.05) is 25.5 Å². The summed E-state index contributed by atoms with van der Waals surface area (Å²) in [5, 5.41) is 5.79. The Kier molecular flexibility index (Phi) is 10.4. The first-order chi connectivity index (χ1) is 28.4. The van der Waals surface area contributed by atoms with E-state index in [1.807, 2.05) is 23.2 Å². The number of benzene rings is 1. The number of nitrogens with one attached hydrogen (secondary N) is 2. The van der Waals surface area contributed by atoms with Crippen molar-refractivity contribution in [3.8, 4) is 0 Å². The van der Waals surface area contributed by atoms with Gasteiger partial charge < -0.3 is 10.2 Å². The summed E-state index contributed by atoms with van der Waals surface area (Å²) in [6, 6.07) is 4.95. The predicted octanol–water partition coefficient (Wildman–Crippen LogP) is 2.35. The number of piperidine rings is 2. The lowest BCUT2D eigenvalue weighted by Gasteiger charge is -2.35. The van der Waals surface area contributed by atoms with Crippen molar-refractivity contribution in [2.45, 2.75) is 114 Å². The van der Waals surface area contributed by atoms with Gasteiger partial charge in [0.05, 0.1) is 16.4 Å². The number of imide groups is 1. The number of imidazole rings is 1. The second-order valence-corrected chi connectivity index (χ2v) is 19.4. The molecule has 0 bridgehead atoms. The van der Waals surface area contributed by atoms with Crippen LogP contribution in [0, 0.1) is 5.92 Å². The topological polar surface area (TPSA) is 192 Å². The minimum Gasteiger partial charge on any atom is -0.351 e. The minimum absolute atomic E-state index is 0.00954. The van der Waals surface area contributed by atoms with Crippen molar-refractivity contribution in [3.05, 3.63) is 46.0 Å². The third-order valence-corrected chi connectivity index (χ3v) is 15.9. The lowest BCUT2D eigenvalue weighted by molar-refractivity contribution is -0.136. The quantitative estimate of drug-likeness (QED) is 0.287. The smallest absolute Gasteiger partial charge is 0.329 e. The summed E-state index contributed by atoms with van der Waals surface area (Å²) in [5.41, 5.74) is 2.38. The van der Waals surface area contributed by atoms with E-state index in [1.54, 1.807) is 22.3 Å². The van der Waals surface area contributed by atoms with Crippen LogP contribution in [0.15, 0.2) is 29.2 Å². The largest absolute Gasteiger partial charge is 0.351 e. The first-order valence-corrected chi connectivity index (χ1v) is 22.8. The van der Waals surface area contributed by atoms with Crippen LogP contribution < -0.4 is 21.2 Å². The number of hydrogen-bond acceptors (Lipinski definition) is 10. The fourth-order valence-corrected chi connectivity index (χ4v) is 12.0. The Balaban J connectivity index is 0.772. The Bertz CT molecular complexity index is 2370. The molecule has 4 aliphatic heterocycles. The van der Waals surface area contributed by atoms with Crippen LogP contribution in [-0.4, -0.2) is 116 Å². The van der Waals surface area contributed by atoms with E-state index in [9.17, 15) is 32.4 Å². The van der Waals surface area contributed by atoms with Crippen LogP contribution in [0.5, 0.6) is 0 Å². The molecule has 17 nitrogen and oxygen atoms in total. The van der Waals surface area contributed by atoms with Crippen molar-refractivity contribution in [1.82, 2.24) is 37.9 Å². The zero-order valence-electron chi connectivity index (χ0n) is 33.9. The number of anilines is 2. The molecule has 2 aliphatic carbocycles. The third kappa shape index (κ3) is 7.03. The molecule has 59 heavy (non-hydrogen) atoms. The molecule has 3 atom stereocenters. The second-order valence-electron chi connectivity index (χ2n) is 17.4. The summed E-state index contributed by atoms with van der Waals surface area (Å²) in [6.07, 6.45) is 10.2. The molecule has 1 aromatic carbocycles. The van der Waals surface area contributed by atoms with Gasteiger partial charge in [0.1, 0.15) is 11.9 Å². The average molecular weight is 831 g/mol. The van der Waals surface area contributed by atoms with Gasteiger partial charge >= 0.3 is 5.69 Å². The van der Waals surface area contributed by atoms with Crippen molar-refractivity contribution < 1.29 is 27.6 Å². The molecule has 0 radical (unpaired) electrons. The van der Waals surface area contributed by atoms with Crippen molar-refractivity contribution in [3.63, 3.8) is 0 Å². The number of carbonyl (C=O) groups excluding carboxylic acids is 4. The maximum atomic E-state index is 13.9. The van der Waals surface area contributed by atoms with Crippen molar-refractivity contribution in [1.29, 1.82) is 0 Å². The van der Waals surface area contributed by atoms with Crippen LogP contribution in [0.4, 0.5) is 11.8 Å². The van der Waals surface area contributed by atoms with Gasteiger partial charge in [0, 0.05) is 83.0 Å².